The molecule has 198 valence electrons. The summed E-state index contributed by atoms with van der Waals surface area (Å²) < 4.78 is 5.58. The molecular weight excluding hydrogens is 470 g/mol. The van der Waals surface area contributed by atoms with Crippen molar-refractivity contribution in [3.05, 3.63) is 30.0 Å². The molecule has 1 saturated heterocycles. The Hall–Kier alpha value is -3.40. The first-order chi connectivity index (χ1) is 17.8. The second kappa shape index (κ2) is 10.2. The van der Waals surface area contributed by atoms with Crippen LogP contribution in [-0.2, 0) is 4.79 Å². The summed E-state index contributed by atoms with van der Waals surface area (Å²) in [4.78, 5) is 41.4. The molecule has 10 heteroatoms. The lowest BCUT2D eigenvalue weighted by Crippen LogP contribution is -2.40. The maximum atomic E-state index is 13.1. The molecule has 2 aromatic rings. The van der Waals surface area contributed by atoms with Crippen LogP contribution in [0.15, 0.2) is 24.4 Å². The van der Waals surface area contributed by atoms with Crippen molar-refractivity contribution in [2.24, 2.45) is 5.41 Å². The van der Waals surface area contributed by atoms with E-state index >= 15 is 0 Å². The number of amides is 2. The molecule has 1 spiro atoms. The summed E-state index contributed by atoms with van der Waals surface area (Å²) in [6.07, 6.45) is 5.98. The first kappa shape index (κ1) is 25.3. The zero-order valence-corrected chi connectivity index (χ0v) is 22.2. The molecule has 5 rings (SSSR count). The van der Waals surface area contributed by atoms with Crippen LogP contribution in [0.25, 0.3) is 0 Å². The van der Waals surface area contributed by atoms with Gasteiger partial charge in [0.25, 0.3) is 5.91 Å². The van der Waals surface area contributed by atoms with Gasteiger partial charge in [-0.25, -0.2) is 4.98 Å². The standard InChI is InChI=1S/C27H37N7O3/c1-18(2)34-17-27(9-10-27)25(36)32(3)21-16-29-26(31-23(21)34)30-20-8-7-19(15-22(20)37-4)24(35)28-11-14-33-12-5-6-13-33/h7-8,15-16,18H,5-6,9-14,17H2,1-4H3,(H,28,35)(H,29,30,31). The third-order valence-corrected chi connectivity index (χ3v) is 7.71. The molecule has 0 bridgehead atoms. The maximum absolute atomic E-state index is 13.1. The molecule has 2 aliphatic heterocycles. The van der Waals surface area contributed by atoms with Gasteiger partial charge < -0.3 is 30.1 Å². The molecule has 3 heterocycles. The molecule has 2 fully saturated rings. The van der Waals surface area contributed by atoms with Crippen LogP contribution in [0.4, 0.5) is 23.1 Å². The fraction of sp³-hybridized carbons (Fsp3) is 0.556. The Morgan fingerprint density at radius 1 is 1.22 bits per heavy atom. The molecule has 1 aliphatic carbocycles. The van der Waals surface area contributed by atoms with Crippen molar-refractivity contribution in [3.63, 3.8) is 0 Å². The van der Waals surface area contributed by atoms with Crippen molar-refractivity contribution in [1.29, 1.82) is 0 Å². The van der Waals surface area contributed by atoms with Gasteiger partial charge >= 0.3 is 0 Å². The summed E-state index contributed by atoms with van der Waals surface area (Å²) in [5.74, 6) is 1.67. The van der Waals surface area contributed by atoms with E-state index in [9.17, 15) is 9.59 Å². The third kappa shape index (κ3) is 5.07. The Morgan fingerprint density at radius 2 is 1.97 bits per heavy atom. The van der Waals surface area contributed by atoms with E-state index in [4.69, 9.17) is 9.72 Å². The van der Waals surface area contributed by atoms with E-state index in [0.717, 1.165) is 38.3 Å². The molecule has 2 amide bonds. The molecule has 1 aromatic carbocycles. The van der Waals surface area contributed by atoms with Crippen LogP contribution < -0.4 is 25.2 Å². The van der Waals surface area contributed by atoms with Crippen LogP contribution in [0.1, 0.15) is 49.9 Å². The predicted octanol–water partition coefficient (Wildman–Crippen LogP) is 3.03. The molecule has 10 nitrogen and oxygen atoms in total. The zero-order valence-electron chi connectivity index (χ0n) is 22.2. The number of hydrogen-bond acceptors (Lipinski definition) is 8. The minimum Gasteiger partial charge on any atom is -0.495 e. The SMILES string of the molecule is COc1cc(C(=O)NCCN2CCCC2)ccc1Nc1ncc2c(n1)N(C(C)C)CC1(CC1)C(=O)N2C. The number of aromatic nitrogens is 2. The smallest absolute Gasteiger partial charge is 0.251 e. The Morgan fingerprint density at radius 3 is 2.65 bits per heavy atom. The first-order valence-corrected chi connectivity index (χ1v) is 13.2. The number of benzene rings is 1. The van der Waals surface area contributed by atoms with Gasteiger partial charge in [-0.15, -0.1) is 0 Å². The lowest BCUT2D eigenvalue weighted by atomic mass is 10.1. The lowest BCUT2D eigenvalue weighted by Gasteiger charge is -2.29. The number of fused-ring (bicyclic) bond motifs is 1. The van der Waals surface area contributed by atoms with Gasteiger partial charge in [-0.05, 0) is 70.8 Å². The van der Waals surface area contributed by atoms with Crippen molar-refractivity contribution >= 4 is 35.0 Å². The predicted molar refractivity (Wildman–Crippen MR) is 144 cm³/mol. The van der Waals surface area contributed by atoms with Crippen molar-refractivity contribution in [2.75, 3.05) is 62.0 Å². The minimum absolute atomic E-state index is 0.125. The highest BCUT2D eigenvalue weighted by Crippen LogP contribution is 2.52. The van der Waals surface area contributed by atoms with E-state index in [0.29, 0.717) is 41.7 Å². The van der Waals surface area contributed by atoms with Crippen molar-refractivity contribution in [3.8, 4) is 5.75 Å². The molecule has 0 radical (unpaired) electrons. The Bertz CT molecular complexity index is 1170. The highest BCUT2D eigenvalue weighted by atomic mass is 16.5. The molecule has 1 saturated carbocycles. The molecule has 3 aliphatic rings. The topological polar surface area (TPSA) is 103 Å². The Balaban J connectivity index is 1.33. The van der Waals surface area contributed by atoms with Crippen molar-refractivity contribution in [2.45, 2.75) is 45.6 Å². The van der Waals surface area contributed by atoms with Crippen LogP contribution in [0, 0.1) is 5.41 Å². The quantitative estimate of drug-likeness (QED) is 0.562. The lowest BCUT2D eigenvalue weighted by molar-refractivity contribution is -0.122. The monoisotopic (exact) mass is 507 g/mol. The van der Waals surface area contributed by atoms with Gasteiger partial charge in [-0.3, -0.25) is 9.59 Å². The number of carbonyl (C=O) groups is 2. The van der Waals surface area contributed by atoms with Crippen LogP contribution >= 0.6 is 0 Å². The summed E-state index contributed by atoms with van der Waals surface area (Å²) in [6.45, 7) is 8.59. The van der Waals surface area contributed by atoms with Gasteiger partial charge in [-0.1, -0.05) is 0 Å². The van der Waals surface area contributed by atoms with Gasteiger partial charge in [0.1, 0.15) is 11.4 Å². The molecule has 37 heavy (non-hydrogen) atoms. The van der Waals surface area contributed by atoms with Crippen molar-refractivity contribution < 1.29 is 14.3 Å². The van der Waals surface area contributed by atoms with E-state index in [-0.39, 0.29) is 23.3 Å². The normalized spacial score (nSPS) is 18.7. The van der Waals surface area contributed by atoms with Gasteiger partial charge in [0, 0.05) is 38.3 Å². The second-order valence-electron chi connectivity index (χ2n) is 10.6. The number of hydrogen-bond donors (Lipinski definition) is 2. The molecule has 1 aromatic heterocycles. The number of nitrogens with one attached hydrogen (secondary N) is 2. The number of anilines is 4. The summed E-state index contributed by atoms with van der Waals surface area (Å²) in [6, 6.07) is 5.47. The van der Waals surface area contributed by atoms with Gasteiger partial charge in [0.05, 0.1) is 24.4 Å². The number of nitrogens with zero attached hydrogens (tertiary/aromatic N) is 5. The van der Waals surface area contributed by atoms with E-state index < -0.39 is 0 Å². The average Bonchev–Trinajstić information content (AvgIpc) is 3.52. The highest BCUT2D eigenvalue weighted by Gasteiger charge is 2.54. The Labute approximate surface area is 218 Å². The third-order valence-electron chi connectivity index (χ3n) is 7.71. The molecule has 2 N–H and O–H groups in total. The summed E-state index contributed by atoms with van der Waals surface area (Å²) in [7, 11) is 3.38. The average molecular weight is 508 g/mol. The fourth-order valence-electron chi connectivity index (χ4n) is 5.25. The van der Waals surface area contributed by atoms with E-state index in [1.807, 2.05) is 0 Å². The second-order valence-corrected chi connectivity index (χ2v) is 10.6. The molecular formula is C27H37N7O3. The number of likely N-dealkylation sites (tertiary alicyclic amines) is 1. The van der Waals surface area contributed by atoms with Gasteiger partial charge in [0.15, 0.2) is 5.82 Å². The number of carbonyl (C=O) groups excluding carboxylic acids is 2. The zero-order chi connectivity index (χ0) is 26.2. The number of ether oxygens (including phenoxy) is 1. The molecule has 0 atom stereocenters. The fourth-order valence-corrected chi connectivity index (χ4v) is 5.25. The van der Waals surface area contributed by atoms with Crippen LogP contribution in [0.2, 0.25) is 0 Å². The highest BCUT2D eigenvalue weighted by molar-refractivity contribution is 6.02. The maximum Gasteiger partial charge on any atom is 0.251 e. The number of rotatable bonds is 8. The summed E-state index contributed by atoms with van der Waals surface area (Å²) >= 11 is 0. The first-order valence-electron chi connectivity index (χ1n) is 13.2. The van der Waals surface area contributed by atoms with Crippen LogP contribution in [-0.4, -0.2) is 79.6 Å². The minimum atomic E-state index is -0.318. The summed E-state index contributed by atoms with van der Waals surface area (Å²) in [5, 5.41) is 6.25. The van der Waals surface area contributed by atoms with E-state index in [1.165, 1.54) is 12.8 Å². The van der Waals surface area contributed by atoms with Crippen molar-refractivity contribution in [1.82, 2.24) is 20.2 Å². The Kier molecular flexibility index (Phi) is 6.94. The largest absolute Gasteiger partial charge is 0.495 e. The summed E-state index contributed by atoms with van der Waals surface area (Å²) in [5.41, 5.74) is 1.58. The van der Waals surface area contributed by atoms with E-state index in [1.54, 1.807) is 43.5 Å². The van der Waals surface area contributed by atoms with Gasteiger partial charge in [0.2, 0.25) is 11.9 Å². The van der Waals surface area contributed by atoms with Crippen LogP contribution in [0.3, 0.4) is 0 Å². The van der Waals surface area contributed by atoms with E-state index in [2.05, 4.69) is 39.3 Å². The number of methoxy groups -OCH3 is 1. The van der Waals surface area contributed by atoms with Crippen LogP contribution in [0.5, 0.6) is 5.75 Å². The van der Waals surface area contributed by atoms with Gasteiger partial charge in [-0.2, -0.15) is 4.98 Å². The molecule has 0 unspecified atom stereocenters.